The van der Waals surface area contributed by atoms with E-state index in [-0.39, 0.29) is 5.75 Å². The van der Waals surface area contributed by atoms with E-state index in [0.717, 1.165) is 4.47 Å². The lowest BCUT2D eigenvalue weighted by Gasteiger charge is -2.13. The van der Waals surface area contributed by atoms with Crippen molar-refractivity contribution in [3.05, 3.63) is 28.2 Å². The minimum atomic E-state index is -2.52. The molecule has 0 saturated carbocycles. The minimum absolute atomic E-state index is 0.277. The molecule has 0 aliphatic carbocycles. The summed E-state index contributed by atoms with van der Waals surface area (Å²) in [6.45, 7) is 0.884. The van der Waals surface area contributed by atoms with E-state index in [1.807, 2.05) is 0 Å². The van der Waals surface area contributed by atoms with Gasteiger partial charge in [-0.25, -0.2) is 8.78 Å². The molecule has 0 radical (unpaired) electrons. The normalized spacial score (nSPS) is 12.9. The van der Waals surface area contributed by atoms with Gasteiger partial charge in [-0.3, -0.25) is 0 Å². The van der Waals surface area contributed by atoms with Gasteiger partial charge in [-0.1, -0.05) is 22.0 Å². The molecular weight excluding hydrogens is 270 g/mol. The van der Waals surface area contributed by atoms with E-state index in [4.69, 9.17) is 4.74 Å². The highest BCUT2D eigenvalue weighted by Gasteiger charge is 2.11. The van der Waals surface area contributed by atoms with Gasteiger partial charge in [-0.05, 0) is 19.1 Å². The summed E-state index contributed by atoms with van der Waals surface area (Å²) in [5, 5.41) is 9.38. The molecule has 1 atom stereocenters. The van der Waals surface area contributed by atoms with Gasteiger partial charge in [0.1, 0.15) is 12.4 Å². The van der Waals surface area contributed by atoms with Crippen molar-refractivity contribution in [2.24, 2.45) is 0 Å². The first-order chi connectivity index (χ1) is 7.00. The molecule has 1 rings (SSSR count). The Balaban J connectivity index is 2.87. The highest BCUT2D eigenvalue weighted by atomic mass is 79.9. The highest BCUT2D eigenvalue weighted by molar-refractivity contribution is 9.10. The van der Waals surface area contributed by atoms with E-state index in [0.29, 0.717) is 5.56 Å². The number of alkyl halides is 2. The predicted molar refractivity (Wildman–Crippen MR) is 56.3 cm³/mol. The van der Waals surface area contributed by atoms with Gasteiger partial charge in [-0.2, -0.15) is 0 Å². The standard InChI is InChI=1S/C10H11BrF2O2/c1-6(14)8-3-2-7(11)4-9(8)15-5-10(12)13/h2-4,6,10,14H,5H2,1H3. The summed E-state index contributed by atoms with van der Waals surface area (Å²) in [4.78, 5) is 0. The summed E-state index contributed by atoms with van der Waals surface area (Å²) >= 11 is 3.20. The molecule has 0 saturated heterocycles. The molecule has 1 aromatic rings. The molecule has 0 fully saturated rings. The number of hydrogen-bond donors (Lipinski definition) is 1. The van der Waals surface area contributed by atoms with Crippen LogP contribution in [-0.4, -0.2) is 18.1 Å². The van der Waals surface area contributed by atoms with Crippen LogP contribution in [0.3, 0.4) is 0 Å². The molecule has 0 aliphatic rings. The van der Waals surface area contributed by atoms with Crippen LogP contribution in [0.15, 0.2) is 22.7 Å². The second kappa shape index (κ2) is 5.42. The van der Waals surface area contributed by atoms with Gasteiger partial charge in [0.2, 0.25) is 0 Å². The van der Waals surface area contributed by atoms with Crippen LogP contribution in [0.25, 0.3) is 0 Å². The molecule has 1 aromatic carbocycles. The average Bonchev–Trinajstić information content (AvgIpc) is 2.14. The Morgan fingerprint density at radius 1 is 1.47 bits per heavy atom. The molecule has 1 N–H and O–H groups in total. The lowest BCUT2D eigenvalue weighted by Crippen LogP contribution is -2.09. The number of rotatable bonds is 4. The maximum Gasteiger partial charge on any atom is 0.272 e. The molecule has 0 amide bonds. The fourth-order valence-corrected chi connectivity index (χ4v) is 1.47. The van der Waals surface area contributed by atoms with Crippen LogP contribution in [0, 0.1) is 0 Å². The Bertz CT molecular complexity index is 329. The second-order valence-corrected chi connectivity index (χ2v) is 3.98. The van der Waals surface area contributed by atoms with E-state index < -0.39 is 19.1 Å². The van der Waals surface area contributed by atoms with Gasteiger partial charge >= 0.3 is 0 Å². The van der Waals surface area contributed by atoms with Gasteiger partial charge in [0.15, 0.2) is 0 Å². The highest BCUT2D eigenvalue weighted by Crippen LogP contribution is 2.28. The van der Waals surface area contributed by atoms with Crippen LogP contribution in [0.4, 0.5) is 8.78 Å². The molecule has 0 aliphatic heterocycles. The van der Waals surface area contributed by atoms with Crippen molar-refractivity contribution in [1.82, 2.24) is 0 Å². The number of halogens is 3. The van der Waals surface area contributed by atoms with E-state index in [1.165, 1.54) is 0 Å². The lowest BCUT2D eigenvalue weighted by atomic mass is 10.1. The number of aliphatic hydroxyl groups is 1. The Morgan fingerprint density at radius 3 is 2.67 bits per heavy atom. The summed E-state index contributed by atoms with van der Waals surface area (Å²) in [6, 6.07) is 4.91. The Labute approximate surface area is 95.0 Å². The Kier molecular flexibility index (Phi) is 4.47. The maximum atomic E-state index is 12.0. The predicted octanol–water partition coefficient (Wildman–Crippen LogP) is 3.15. The fraction of sp³-hybridized carbons (Fsp3) is 0.400. The van der Waals surface area contributed by atoms with Crippen molar-refractivity contribution in [1.29, 1.82) is 0 Å². The number of benzene rings is 1. The average molecular weight is 281 g/mol. The summed E-state index contributed by atoms with van der Waals surface area (Å²) in [5.74, 6) is 0.277. The monoisotopic (exact) mass is 280 g/mol. The topological polar surface area (TPSA) is 29.5 Å². The fourth-order valence-electron chi connectivity index (χ4n) is 1.13. The van der Waals surface area contributed by atoms with Crippen LogP contribution in [0.2, 0.25) is 0 Å². The van der Waals surface area contributed by atoms with Crippen LogP contribution in [0.5, 0.6) is 5.75 Å². The maximum absolute atomic E-state index is 12.0. The number of hydrogen-bond acceptors (Lipinski definition) is 2. The zero-order chi connectivity index (χ0) is 11.4. The first-order valence-electron chi connectivity index (χ1n) is 4.39. The molecule has 2 nitrogen and oxygen atoms in total. The van der Waals surface area contributed by atoms with E-state index in [9.17, 15) is 13.9 Å². The molecule has 1 unspecified atom stereocenters. The van der Waals surface area contributed by atoms with Crippen molar-refractivity contribution in [2.45, 2.75) is 19.5 Å². The minimum Gasteiger partial charge on any atom is -0.487 e. The van der Waals surface area contributed by atoms with Crippen LogP contribution >= 0.6 is 15.9 Å². The second-order valence-electron chi connectivity index (χ2n) is 3.06. The van der Waals surface area contributed by atoms with Gasteiger partial charge in [0, 0.05) is 10.0 Å². The third kappa shape index (κ3) is 3.76. The Hall–Kier alpha value is -0.680. The first-order valence-corrected chi connectivity index (χ1v) is 5.18. The summed E-state index contributed by atoms with van der Waals surface area (Å²) in [7, 11) is 0. The Morgan fingerprint density at radius 2 is 2.13 bits per heavy atom. The molecule has 0 aromatic heterocycles. The summed E-state index contributed by atoms with van der Waals surface area (Å²) in [6.07, 6.45) is -3.27. The lowest BCUT2D eigenvalue weighted by molar-refractivity contribution is 0.0794. The third-order valence-corrected chi connectivity index (χ3v) is 2.28. The van der Waals surface area contributed by atoms with E-state index >= 15 is 0 Å². The smallest absolute Gasteiger partial charge is 0.272 e. The van der Waals surface area contributed by atoms with E-state index in [2.05, 4.69) is 15.9 Å². The van der Waals surface area contributed by atoms with Gasteiger partial charge in [0.25, 0.3) is 6.43 Å². The van der Waals surface area contributed by atoms with Crippen molar-refractivity contribution < 1.29 is 18.6 Å². The SMILES string of the molecule is CC(O)c1ccc(Br)cc1OCC(F)F. The van der Waals surface area contributed by atoms with Gasteiger partial charge < -0.3 is 9.84 Å². The zero-order valence-corrected chi connectivity index (χ0v) is 9.67. The van der Waals surface area contributed by atoms with Crippen molar-refractivity contribution in [3.63, 3.8) is 0 Å². The zero-order valence-electron chi connectivity index (χ0n) is 8.08. The number of ether oxygens (including phenoxy) is 1. The first kappa shape index (κ1) is 12.4. The quantitative estimate of drug-likeness (QED) is 0.918. The van der Waals surface area contributed by atoms with Crippen LogP contribution in [0.1, 0.15) is 18.6 Å². The molecule has 0 spiro atoms. The van der Waals surface area contributed by atoms with Crippen LogP contribution < -0.4 is 4.74 Å². The van der Waals surface area contributed by atoms with Gasteiger partial charge in [0.05, 0.1) is 6.10 Å². The van der Waals surface area contributed by atoms with Gasteiger partial charge in [-0.15, -0.1) is 0 Å². The number of aliphatic hydroxyl groups excluding tert-OH is 1. The third-order valence-electron chi connectivity index (χ3n) is 1.79. The van der Waals surface area contributed by atoms with E-state index in [1.54, 1.807) is 25.1 Å². The van der Waals surface area contributed by atoms with Crippen molar-refractivity contribution in [2.75, 3.05) is 6.61 Å². The van der Waals surface area contributed by atoms with Crippen LogP contribution in [-0.2, 0) is 0 Å². The molecule has 0 bridgehead atoms. The summed E-state index contributed by atoms with van der Waals surface area (Å²) < 4.78 is 29.5. The largest absolute Gasteiger partial charge is 0.487 e. The molecular formula is C10H11BrF2O2. The molecule has 15 heavy (non-hydrogen) atoms. The molecule has 84 valence electrons. The van der Waals surface area contributed by atoms with Crippen molar-refractivity contribution in [3.8, 4) is 5.75 Å². The van der Waals surface area contributed by atoms with Crippen molar-refractivity contribution >= 4 is 15.9 Å². The summed E-state index contributed by atoms with van der Waals surface area (Å²) in [5.41, 5.74) is 0.499. The molecule has 5 heteroatoms. The molecule has 0 heterocycles.